The second kappa shape index (κ2) is 7.04. The highest BCUT2D eigenvalue weighted by molar-refractivity contribution is 7.90. The smallest absolute Gasteiger partial charge is 0.255 e. The topological polar surface area (TPSA) is 114 Å². The minimum Gasteiger partial charge on any atom is -0.481 e. The number of aromatic amines is 1. The largest absolute Gasteiger partial charge is 0.481 e. The van der Waals surface area contributed by atoms with Crippen LogP contribution in [0.3, 0.4) is 0 Å². The van der Waals surface area contributed by atoms with Crippen molar-refractivity contribution in [1.82, 2.24) is 19.9 Å². The quantitative estimate of drug-likeness (QED) is 0.729. The van der Waals surface area contributed by atoms with E-state index in [1.165, 1.54) is 14.2 Å². The van der Waals surface area contributed by atoms with Crippen LogP contribution in [-0.4, -0.2) is 55.3 Å². The Kier molecular flexibility index (Phi) is 4.97. The van der Waals surface area contributed by atoms with Crippen molar-refractivity contribution in [3.63, 3.8) is 0 Å². The average molecular weight is 380 g/mol. The van der Waals surface area contributed by atoms with E-state index < -0.39 is 15.4 Å². The Morgan fingerprint density at radius 2 is 2.00 bits per heavy atom. The zero-order valence-corrected chi connectivity index (χ0v) is 15.6. The monoisotopic (exact) mass is 380 g/mol. The Morgan fingerprint density at radius 3 is 2.65 bits per heavy atom. The third-order valence-corrected chi connectivity index (χ3v) is 5.09. The fourth-order valence-electron chi connectivity index (χ4n) is 2.89. The number of rotatable bonds is 5. The standard InChI is InChI=1S/C16H20N4O5S/c1-24-13-5-4-10(15(18-13)25-2)8-20-7-6-11-12(9-20)17-16(19-14(11)21)26(3,22)23/h4-5H,6-9H2,1-3H3,(H,17,19,21). The Balaban J connectivity index is 1.87. The zero-order chi connectivity index (χ0) is 18.9. The molecule has 3 rings (SSSR count). The predicted molar refractivity (Wildman–Crippen MR) is 93.1 cm³/mol. The number of methoxy groups -OCH3 is 2. The molecular formula is C16H20N4O5S. The molecule has 0 amide bonds. The molecule has 0 unspecified atom stereocenters. The van der Waals surface area contributed by atoms with Crippen LogP contribution in [0.15, 0.2) is 22.1 Å². The van der Waals surface area contributed by atoms with Crippen molar-refractivity contribution in [3.8, 4) is 11.8 Å². The van der Waals surface area contributed by atoms with Gasteiger partial charge in [-0.1, -0.05) is 0 Å². The summed E-state index contributed by atoms with van der Waals surface area (Å²) in [5, 5.41) is -0.299. The second-order valence-electron chi connectivity index (χ2n) is 6.05. The number of nitrogens with zero attached hydrogens (tertiary/aromatic N) is 3. The molecule has 0 atom stereocenters. The lowest BCUT2D eigenvalue weighted by atomic mass is 10.1. The highest BCUT2D eigenvalue weighted by Gasteiger charge is 2.24. The maximum Gasteiger partial charge on any atom is 0.255 e. The van der Waals surface area contributed by atoms with Crippen LogP contribution in [0.5, 0.6) is 11.8 Å². The van der Waals surface area contributed by atoms with Crippen LogP contribution in [0.25, 0.3) is 0 Å². The summed E-state index contributed by atoms with van der Waals surface area (Å²) in [7, 11) is -0.511. The summed E-state index contributed by atoms with van der Waals surface area (Å²) in [5.41, 5.74) is 1.50. The first-order valence-corrected chi connectivity index (χ1v) is 9.83. The Hall–Kier alpha value is -2.46. The van der Waals surface area contributed by atoms with Gasteiger partial charge in [-0.05, 0) is 12.5 Å². The van der Waals surface area contributed by atoms with Crippen LogP contribution in [0, 0.1) is 0 Å². The molecule has 9 nitrogen and oxygen atoms in total. The molecule has 10 heteroatoms. The number of hydrogen-bond donors (Lipinski definition) is 1. The van der Waals surface area contributed by atoms with Gasteiger partial charge in [0, 0.05) is 43.1 Å². The maximum atomic E-state index is 12.1. The minimum absolute atomic E-state index is 0.299. The number of aromatic nitrogens is 3. The van der Waals surface area contributed by atoms with Gasteiger partial charge in [0.2, 0.25) is 26.8 Å². The van der Waals surface area contributed by atoms with Gasteiger partial charge in [-0.2, -0.15) is 4.98 Å². The summed E-state index contributed by atoms with van der Waals surface area (Å²) in [4.78, 5) is 25.0. The highest BCUT2D eigenvalue weighted by atomic mass is 32.2. The van der Waals surface area contributed by atoms with Crippen LogP contribution >= 0.6 is 0 Å². The first kappa shape index (κ1) is 18.3. The van der Waals surface area contributed by atoms with Crippen molar-refractivity contribution >= 4 is 9.84 Å². The van der Waals surface area contributed by atoms with Crippen LogP contribution < -0.4 is 15.0 Å². The molecule has 0 aromatic carbocycles. The van der Waals surface area contributed by atoms with Crippen LogP contribution in [0.4, 0.5) is 0 Å². The molecule has 0 aliphatic carbocycles. The second-order valence-corrected chi connectivity index (χ2v) is 7.98. The van der Waals surface area contributed by atoms with Gasteiger partial charge in [0.25, 0.3) is 5.56 Å². The molecule has 3 heterocycles. The third-order valence-electron chi connectivity index (χ3n) is 4.19. The molecular weight excluding hydrogens is 360 g/mol. The normalized spacial score (nSPS) is 14.7. The fourth-order valence-corrected chi connectivity index (χ4v) is 3.44. The van der Waals surface area contributed by atoms with E-state index in [-0.39, 0.29) is 5.16 Å². The van der Waals surface area contributed by atoms with Crippen molar-refractivity contribution in [2.45, 2.75) is 24.7 Å². The van der Waals surface area contributed by atoms with Crippen molar-refractivity contribution < 1.29 is 17.9 Å². The van der Waals surface area contributed by atoms with Gasteiger partial charge in [-0.15, -0.1) is 0 Å². The summed E-state index contributed by atoms with van der Waals surface area (Å²) >= 11 is 0. The first-order valence-electron chi connectivity index (χ1n) is 7.94. The molecule has 2 aromatic heterocycles. The number of hydrogen-bond acceptors (Lipinski definition) is 8. The average Bonchev–Trinajstić information content (AvgIpc) is 2.61. The molecule has 1 aliphatic rings. The lowest BCUT2D eigenvalue weighted by Crippen LogP contribution is -2.35. The van der Waals surface area contributed by atoms with E-state index in [0.717, 1.165) is 11.8 Å². The van der Waals surface area contributed by atoms with Gasteiger partial charge < -0.3 is 9.47 Å². The van der Waals surface area contributed by atoms with Gasteiger partial charge >= 0.3 is 0 Å². The van der Waals surface area contributed by atoms with Crippen molar-refractivity contribution in [2.75, 3.05) is 27.0 Å². The Labute approximate surface area is 150 Å². The van der Waals surface area contributed by atoms with Crippen molar-refractivity contribution in [2.24, 2.45) is 0 Å². The molecule has 0 spiro atoms. The van der Waals surface area contributed by atoms with Crippen LogP contribution in [-0.2, 0) is 29.3 Å². The van der Waals surface area contributed by atoms with E-state index in [0.29, 0.717) is 49.1 Å². The molecule has 0 bridgehead atoms. The van der Waals surface area contributed by atoms with Crippen LogP contribution in [0.1, 0.15) is 16.8 Å². The number of nitrogens with one attached hydrogen (secondary N) is 1. The zero-order valence-electron chi connectivity index (χ0n) is 14.8. The highest BCUT2D eigenvalue weighted by Crippen LogP contribution is 2.24. The van der Waals surface area contributed by atoms with E-state index >= 15 is 0 Å². The van der Waals surface area contributed by atoms with Crippen molar-refractivity contribution in [3.05, 3.63) is 39.3 Å². The summed E-state index contributed by atoms with van der Waals surface area (Å²) in [6.45, 7) is 1.55. The third kappa shape index (κ3) is 3.70. The van der Waals surface area contributed by atoms with E-state index in [1.54, 1.807) is 6.07 Å². The lowest BCUT2D eigenvalue weighted by Gasteiger charge is -2.27. The SMILES string of the molecule is COc1ccc(CN2CCc3c(nc(S(C)(=O)=O)[nH]c3=O)C2)c(OC)n1. The maximum absolute atomic E-state index is 12.1. The molecule has 2 aromatic rings. The molecule has 0 fully saturated rings. The predicted octanol–water partition coefficient (Wildman–Crippen LogP) is 0.144. The van der Waals surface area contributed by atoms with Gasteiger partial charge in [-0.3, -0.25) is 14.7 Å². The molecule has 1 aliphatic heterocycles. The molecule has 1 N–H and O–H groups in total. The molecule has 0 saturated carbocycles. The van der Waals surface area contributed by atoms with E-state index in [2.05, 4.69) is 19.9 Å². The molecule has 140 valence electrons. The van der Waals surface area contributed by atoms with Crippen LogP contribution in [0.2, 0.25) is 0 Å². The Morgan fingerprint density at radius 1 is 1.23 bits per heavy atom. The van der Waals surface area contributed by atoms with Crippen molar-refractivity contribution in [1.29, 1.82) is 0 Å². The summed E-state index contributed by atoms with van der Waals surface area (Å²) in [6, 6.07) is 3.62. The van der Waals surface area contributed by atoms with Gasteiger partial charge in [-0.25, -0.2) is 13.4 Å². The lowest BCUT2D eigenvalue weighted by molar-refractivity contribution is 0.234. The number of fused-ring (bicyclic) bond motifs is 1. The number of sulfone groups is 1. The Bertz CT molecular complexity index is 987. The number of H-pyrrole nitrogens is 1. The van der Waals surface area contributed by atoms with Gasteiger partial charge in [0.15, 0.2) is 0 Å². The molecule has 26 heavy (non-hydrogen) atoms. The number of ether oxygens (including phenoxy) is 2. The van der Waals surface area contributed by atoms with E-state index in [4.69, 9.17) is 9.47 Å². The van der Waals surface area contributed by atoms with E-state index in [1.807, 2.05) is 6.07 Å². The van der Waals surface area contributed by atoms with Gasteiger partial charge in [0.05, 0.1) is 19.9 Å². The first-order chi connectivity index (χ1) is 12.3. The molecule has 0 saturated heterocycles. The summed E-state index contributed by atoms with van der Waals surface area (Å²) < 4.78 is 33.8. The molecule has 0 radical (unpaired) electrons. The summed E-state index contributed by atoms with van der Waals surface area (Å²) in [6.07, 6.45) is 1.51. The minimum atomic E-state index is -3.58. The number of pyridine rings is 1. The summed E-state index contributed by atoms with van der Waals surface area (Å²) in [5.74, 6) is 0.923. The van der Waals surface area contributed by atoms with Gasteiger partial charge in [0.1, 0.15) is 0 Å². The fraction of sp³-hybridized carbons (Fsp3) is 0.438. The van der Waals surface area contributed by atoms with E-state index in [9.17, 15) is 13.2 Å².